The van der Waals surface area contributed by atoms with Gasteiger partial charge in [0, 0.05) is 12.3 Å². The van der Waals surface area contributed by atoms with Crippen molar-refractivity contribution < 1.29 is 9.32 Å². The molecule has 25 heavy (non-hydrogen) atoms. The van der Waals surface area contributed by atoms with Crippen LogP contribution in [0.25, 0.3) is 0 Å². The van der Waals surface area contributed by atoms with E-state index in [2.05, 4.69) is 29.3 Å². The Morgan fingerprint density at radius 1 is 1.32 bits per heavy atom. The molecule has 7 heteroatoms. The minimum Gasteiger partial charge on any atom is -0.344 e. The van der Waals surface area contributed by atoms with Crippen molar-refractivity contribution in [3.05, 3.63) is 11.7 Å². The number of carbonyl (C=O) groups excluding carboxylic acids is 1. The van der Waals surface area contributed by atoms with E-state index in [9.17, 15) is 4.79 Å². The van der Waals surface area contributed by atoms with E-state index in [1.54, 1.807) is 0 Å². The number of hydrogen-bond donors (Lipinski definition) is 2. The SMILES string of the molecule is CC(C)C(NC(=O)CC1(CN)CCCCC1)c1nc(C2CC2)no1.Cl. The van der Waals surface area contributed by atoms with Gasteiger partial charge >= 0.3 is 0 Å². The fourth-order valence-electron chi connectivity index (χ4n) is 3.71. The molecule has 1 unspecified atom stereocenters. The number of nitrogens with zero attached hydrogens (tertiary/aromatic N) is 2. The Balaban J connectivity index is 0.00000225. The molecule has 0 spiro atoms. The molecule has 2 aliphatic carbocycles. The van der Waals surface area contributed by atoms with Crippen LogP contribution in [0.3, 0.4) is 0 Å². The van der Waals surface area contributed by atoms with Crippen LogP contribution >= 0.6 is 12.4 Å². The number of amides is 1. The van der Waals surface area contributed by atoms with Crippen molar-refractivity contribution >= 4 is 18.3 Å². The van der Waals surface area contributed by atoms with Gasteiger partial charge < -0.3 is 15.6 Å². The summed E-state index contributed by atoms with van der Waals surface area (Å²) in [4.78, 5) is 17.2. The Morgan fingerprint density at radius 2 is 2.00 bits per heavy atom. The van der Waals surface area contributed by atoms with Crippen molar-refractivity contribution in [3.8, 4) is 0 Å². The second kappa shape index (κ2) is 8.49. The third-order valence-corrected chi connectivity index (χ3v) is 5.53. The minimum atomic E-state index is -0.226. The van der Waals surface area contributed by atoms with Gasteiger partial charge in [0.15, 0.2) is 5.82 Å². The lowest BCUT2D eigenvalue weighted by Crippen LogP contribution is -2.40. The lowest BCUT2D eigenvalue weighted by molar-refractivity contribution is -0.125. The van der Waals surface area contributed by atoms with Crippen LogP contribution in [0.2, 0.25) is 0 Å². The zero-order chi connectivity index (χ0) is 17.2. The Bertz CT molecular complexity index is 565. The van der Waals surface area contributed by atoms with E-state index < -0.39 is 0 Å². The monoisotopic (exact) mass is 370 g/mol. The molecule has 1 aromatic heterocycles. The van der Waals surface area contributed by atoms with Gasteiger partial charge in [-0.3, -0.25) is 4.79 Å². The van der Waals surface area contributed by atoms with Gasteiger partial charge in [-0.15, -0.1) is 12.4 Å². The number of aromatic nitrogens is 2. The van der Waals surface area contributed by atoms with Crippen LogP contribution in [-0.4, -0.2) is 22.6 Å². The van der Waals surface area contributed by atoms with Crippen molar-refractivity contribution in [1.29, 1.82) is 0 Å². The summed E-state index contributed by atoms with van der Waals surface area (Å²) in [6.07, 6.45) is 8.47. The molecular formula is C18H31ClN4O2. The fraction of sp³-hybridized carbons (Fsp3) is 0.833. The maximum absolute atomic E-state index is 12.7. The van der Waals surface area contributed by atoms with E-state index in [-0.39, 0.29) is 35.7 Å². The van der Waals surface area contributed by atoms with Crippen molar-refractivity contribution in [1.82, 2.24) is 15.5 Å². The molecule has 1 heterocycles. The van der Waals surface area contributed by atoms with Crippen molar-refractivity contribution in [2.24, 2.45) is 17.1 Å². The van der Waals surface area contributed by atoms with Crippen molar-refractivity contribution in [2.75, 3.05) is 6.54 Å². The van der Waals surface area contributed by atoms with E-state index in [4.69, 9.17) is 10.3 Å². The summed E-state index contributed by atoms with van der Waals surface area (Å²) in [6.45, 7) is 4.70. The van der Waals surface area contributed by atoms with E-state index in [1.807, 2.05) is 0 Å². The average molecular weight is 371 g/mol. The first kappa shape index (κ1) is 20.2. The van der Waals surface area contributed by atoms with Crippen LogP contribution in [-0.2, 0) is 4.79 Å². The van der Waals surface area contributed by atoms with Crippen LogP contribution in [0.4, 0.5) is 0 Å². The highest BCUT2D eigenvalue weighted by Crippen LogP contribution is 2.40. The number of nitrogens with one attached hydrogen (secondary N) is 1. The summed E-state index contributed by atoms with van der Waals surface area (Å²) in [5, 5.41) is 7.20. The molecule has 0 bridgehead atoms. The molecule has 3 rings (SSSR count). The largest absolute Gasteiger partial charge is 0.344 e. The first-order chi connectivity index (χ1) is 11.5. The smallest absolute Gasteiger partial charge is 0.249 e. The van der Waals surface area contributed by atoms with Gasteiger partial charge in [0.25, 0.3) is 0 Å². The number of rotatable bonds is 7. The minimum absolute atomic E-state index is 0. The third-order valence-electron chi connectivity index (χ3n) is 5.53. The predicted molar refractivity (Wildman–Crippen MR) is 98.4 cm³/mol. The van der Waals surface area contributed by atoms with E-state index in [1.165, 1.54) is 19.3 Å². The Labute approximate surface area is 156 Å². The summed E-state index contributed by atoms with van der Waals surface area (Å²) >= 11 is 0. The third kappa shape index (κ3) is 4.94. The molecule has 1 amide bonds. The van der Waals surface area contributed by atoms with E-state index >= 15 is 0 Å². The number of nitrogens with two attached hydrogens (primary N) is 1. The van der Waals surface area contributed by atoms with Gasteiger partial charge in [0.05, 0.1) is 0 Å². The summed E-state index contributed by atoms with van der Waals surface area (Å²) in [6, 6.07) is -0.226. The van der Waals surface area contributed by atoms with Crippen LogP contribution in [0.5, 0.6) is 0 Å². The van der Waals surface area contributed by atoms with Gasteiger partial charge in [0.1, 0.15) is 6.04 Å². The molecular weight excluding hydrogens is 340 g/mol. The topological polar surface area (TPSA) is 94.0 Å². The predicted octanol–water partition coefficient (Wildman–Crippen LogP) is 3.48. The summed E-state index contributed by atoms with van der Waals surface area (Å²) in [5.74, 6) is 2.02. The molecule has 1 atom stereocenters. The summed E-state index contributed by atoms with van der Waals surface area (Å²) < 4.78 is 5.43. The van der Waals surface area contributed by atoms with Crippen LogP contribution in [0.15, 0.2) is 4.52 Å². The quantitative estimate of drug-likeness (QED) is 0.766. The Morgan fingerprint density at radius 3 is 2.56 bits per heavy atom. The highest BCUT2D eigenvalue weighted by molar-refractivity contribution is 5.85. The molecule has 2 aliphatic rings. The molecule has 0 saturated heterocycles. The average Bonchev–Trinajstić information content (AvgIpc) is 3.31. The number of carbonyl (C=O) groups is 1. The lowest BCUT2D eigenvalue weighted by atomic mass is 9.71. The fourth-order valence-corrected chi connectivity index (χ4v) is 3.71. The van der Waals surface area contributed by atoms with Crippen molar-refractivity contribution in [3.63, 3.8) is 0 Å². The Kier molecular flexibility index (Phi) is 6.86. The lowest BCUT2D eigenvalue weighted by Gasteiger charge is -2.36. The highest BCUT2D eigenvalue weighted by atomic mass is 35.5. The standard InChI is InChI=1S/C18H30N4O2.ClH/c1-12(2)15(17-21-16(22-24-17)13-6-7-13)20-14(23)10-18(11-19)8-4-3-5-9-18;/h12-13,15H,3-11,19H2,1-2H3,(H,20,23);1H. The molecule has 3 N–H and O–H groups in total. The molecule has 0 radical (unpaired) electrons. The molecule has 0 aromatic carbocycles. The maximum Gasteiger partial charge on any atom is 0.249 e. The molecule has 6 nitrogen and oxygen atoms in total. The van der Waals surface area contributed by atoms with Crippen LogP contribution < -0.4 is 11.1 Å². The van der Waals surface area contributed by atoms with E-state index in [0.29, 0.717) is 24.8 Å². The van der Waals surface area contributed by atoms with Crippen molar-refractivity contribution in [2.45, 2.75) is 77.2 Å². The van der Waals surface area contributed by atoms with Gasteiger partial charge in [0.2, 0.25) is 11.8 Å². The normalized spacial score (nSPS) is 20.8. The zero-order valence-electron chi connectivity index (χ0n) is 15.3. The summed E-state index contributed by atoms with van der Waals surface area (Å²) in [7, 11) is 0. The zero-order valence-corrected chi connectivity index (χ0v) is 16.1. The van der Waals surface area contributed by atoms with Gasteiger partial charge in [-0.2, -0.15) is 4.98 Å². The number of hydrogen-bond acceptors (Lipinski definition) is 5. The molecule has 142 valence electrons. The van der Waals surface area contributed by atoms with Gasteiger partial charge in [-0.05, 0) is 43.6 Å². The molecule has 2 saturated carbocycles. The highest BCUT2D eigenvalue weighted by Gasteiger charge is 2.35. The molecule has 0 aliphatic heterocycles. The Hall–Kier alpha value is -1.14. The molecule has 2 fully saturated rings. The molecule has 1 aromatic rings. The number of halogens is 1. The van der Waals surface area contributed by atoms with Gasteiger partial charge in [-0.25, -0.2) is 0 Å². The first-order valence-corrected chi connectivity index (χ1v) is 9.36. The second-order valence-corrected chi connectivity index (χ2v) is 8.00. The summed E-state index contributed by atoms with van der Waals surface area (Å²) in [5.41, 5.74) is 5.98. The maximum atomic E-state index is 12.7. The van der Waals surface area contributed by atoms with E-state index in [0.717, 1.165) is 31.5 Å². The van der Waals surface area contributed by atoms with Gasteiger partial charge in [-0.1, -0.05) is 38.3 Å². The van der Waals surface area contributed by atoms with Crippen LogP contribution in [0.1, 0.15) is 88.9 Å². The second-order valence-electron chi connectivity index (χ2n) is 8.00. The first-order valence-electron chi connectivity index (χ1n) is 9.36. The van der Waals surface area contributed by atoms with Crippen LogP contribution in [0, 0.1) is 11.3 Å².